The van der Waals surface area contributed by atoms with Crippen LogP contribution in [0.5, 0.6) is 0 Å². The fourth-order valence-corrected chi connectivity index (χ4v) is 26.8. The normalized spacial score (nSPS) is 22.0. The third kappa shape index (κ3) is 4.41. The second kappa shape index (κ2) is 10.7. The number of allylic oxidation sites excluding steroid dienone is 2. The molecule has 8 rings (SSSR count). The van der Waals surface area contributed by atoms with Gasteiger partial charge in [0.1, 0.15) is 0 Å². The fraction of sp³-hybridized carbons (Fsp3) is 0.244. The summed E-state index contributed by atoms with van der Waals surface area (Å²) in [6, 6.07) is 39.5. The van der Waals surface area contributed by atoms with Gasteiger partial charge in [0.15, 0.2) is 0 Å². The molecule has 0 amide bonds. The zero-order chi connectivity index (χ0) is 32.0. The zero-order valence-corrected chi connectivity index (χ0v) is 31.9. The molecule has 0 radical (unpaired) electrons. The molecule has 2 aliphatic carbocycles. The molecule has 0 spiro atoms. The van der Waals surface area contributed by atoms with Crippen molar-refractivity contribution in [2.75, 3.05) is 0 Å². The molecule has 0 aromatic heterocycles. The summed E-state index contributed by atoms with van der Waals surface area (Å²) in [6.45, 7) is 11.6. The molecule has 0 saturated carbocycles. The molecule has 1 saturated heterocycles. The zero-order valence-electron chi connectivity index (χ0n) is 28.3. The summed E-state index contributed by atoms with van der Waals surface area (Å²) in [5.41, 5.74) is 21.8. The number of hydrogen-bond donors (Lipinski definition) is 0. The van der Waals surface area contributed by atoms with Crippen LogP contribution < -0.4 is 0 Å². The average Bonchev–Trinajstić information content (AvgIpc) is 3.65. The number of hydrogen-bond acceptors (Lipinski definition) is 0. The minimum atomic E-state index is -3.18. The molecule has 1 heteroatoms. The van der Waals surface area contributed by atoms with Crippen LogP contribution in [0.3, 0.4) is 0 Å². The maximum atomic E-state index is 2.77. The Morgan fingerprint density at radius 1 is 0.543 bits per heavy atom. The summed E-state index contributed by atoms with van der Waals surface area (Å²) >= 11 is -3.18. The van der Waals surface area contributed by atoms with Gasteiger partial charge in [0.25, 0.3) is 0 Å². The van der Waals surface area contributed by atoms with Crippen LogP contribution in [-0.2, 0) is 26.4 Å². The van der Waals surface area contributed by atoms with Gasteiger partial charge in [-0.15, -0.1) is 0 Å². The molecule has 5 aromatic carbocycles. The van der Waals surface area contributed by atoms with Gasteiger partial charge in [0, 0.05) is 0 Å². The number of aryl methyl sites for hydroxylation is 4. The number of fused-ring (bicyclic) bond motifs is 6. The van der Waals surface area contributed by atoms with E-state index < -0.39 is 20.0 Å². The van der Waals surface area contributed by atoms with Gasteiger partial charge in [-0.25, -0.2) is 0 Å². The van der Waals surface area contributed by atoms with E-state index in [2.05, 4.69) is 159 Å². The van der Waals surface area contributed by atoms with Crippen LogP contribution in [0.25, 0.3) is 34.4 Å². The first-order valence-corrected chi connectivity index (χ1v) is 28.3. The molecule has 5 aromatic rings. The minimum absolute atomic E-state index is 0.0674. The molecule has 1 aliphatic heterocycles. The van der Waals surface area contributed by atoms with Gasteiger partial charge in [-0.3, -0.25) is 0 Å². The van der Waals surface area contributed by atoms with Gasteiger partial charge in [0.2, 0.25) is 0 Å². The van der Waals surface area contributed by atoms with Crippen molar-refractivity contribution < 1.29 is 20.0 Å². The topological polar surface area (TPSA) is 0 Å². The van der Waals surface area contributed by atoms with Gasteiger partial charge < -0.3 is 0 Å². The molecule has 3 aliphatic rings. The molecule has 2 unspecified atom stereocenters. The Hall–Kier alpha value is -3.55. The van der Waals surface area contributed by atoms with Crippen LogP contribution in [0.2, 0.25) is 9.36 Å². The van der Waals surface area contributed by atoms with Crippen LogP contribution in [0, 0.1) is 33.1 Å². The molecule has 46 heavy (non-hydrogen) atoms. The molecule has 0 N–H and O–H groups in total. The quantitative estimate of drug-likeness (QED) is 0.160. The van der Waals surface area contributed by atoms with E-state index in [4.69, 9.17) is 0 Å². The summed E-state index contributed by atoms with van der Waals surface area (Å²) in [4.78, 5) is 0. The van der Waals surface area contributed by atoms with Gasteiger partial charge in [0.05, 0.1) is 0 Å². The second-order valence-corrected chi connectivity index (χ2v) is 32.4. The Kier molecular flexibility index (Phi) is 6.97. The van der Waals surface area contributed by atoms with Crippen molar-refractivity contribution in [1.82, 2.24) is 0 Å². The number of benzene rings is 5. The van der Waals surface area contributed by atoms with Gasteiger partial charge in [-0.2, -0.15) is 0 Å². The molecule has 0 bridgehead atoms. The fourth-order valence-electron chi connectivity index (χ4n) is 9.43. The predicted octanol–water partition coefficient (Wildman–Crippen LogP) is 12.3. The molecule has 1 heterocycles. The van der Waals surface area contributed by atoms with Crippen molar-refractivity contribution in [2.45, 2.75) is 57.7 Å². The molecule has 0 nitrogen and oxygen atoms in total. The van der Waals surface area contributed by atoms with Crippen molar-refractivity contribution in [3.63, 3.8) is 0 Å². The summed E-state index contributed by atoms with van der Waals surface area (Å²) in [6.07, 6.45) is 6.38. The van der Waals surface area contributed by atoms with E-state index in [1.165, 1.54) is 61.2 Å². The van der Waals surface area contributed by atoms with Crippen LogP contribution in [-0.4, -0.2) is 0 Å². The Bertz CT molecular complexity index is 1980. The van der Waals surface area contributed by atoms with E-state index in [9.17, 15) is 0 Å². The Morgan fingerprint density at radius 3 is 1.50 bits per heavy atom. The third-order valence-corrected chi connectivity index (χ3v) is 26.8. The van der Waals surface area contributed by atoms with E-state index in [1.807, 2.05) is 0 Å². The van der Waals surface area contributed by atoms with Crippen LogP contribution in [0.1, 0.15) is 64.3 Å². The molecule has 2 atom stereocenters. The first kappa shape index (κ1) is 29.8. The molecular weight excluding hydrogens is 719 g/mol. The first-order chi connectivity index (χ1) is 22.1. The first-order valence-electron chi connectivity index (χ1n) is 17.0. The van der Waals surface area contributed by atoms with Crippen molar-refractivity contribution in [2.24, 2.45) is 5.41 Å². The van der Waals surface area contributed by atoms with Crippen molar-refractivity contribution in [1.29, 1.82) is 0 Å². The summed E-state index contributed by atoms with van der Waals surface area (Å²) in [7, 11) is 0. The van der Waals surface area contributed by atoms with Crippen LogP contribution in [0.15, 0.2) is 114 Å². The summed E-state index contributed by atoms with van der Waals surface area (Å²) in [5.74, 6) is 0. The third-order valence-electron chi connectivity index (χ3n) is 11.7. The maximum absolute atomic E-state index is 3.18. The van der Waals surface area contributed by atoms with Crippen LogP contribution in [0.4, 0.5) is 0 Å². The monoisotopic (exact) mass is 764 g/mol. The molecule has 228 valence electrons. The van der Waals surface area contributed by atoms with Crippen molar-refractivity contribution >= 4 is 12.2 Å². The van der Waals surface area contributed by atoms with E-state index in [-0.39, 0.29) is 5.41 Å². The number of rotatable bonds is 4. The van der Waals surface area contributed by atoms with E-state index in [0.717, 1.165) is 6.42 Å². The van der Waals surface area contributed by atoms with Crippen molar-refractivity contribution in [3.8, 4) is 22.3 Å². The van der Waals surface area contributed by atoms with E-state index >= 15 is 0 Å². The summed E-state index contributed by atoms with van der Waals surface area (Å²) in [5, 5.41) is 0. The Labute approximate surface area is 280 Å². The Balaban J connectivity index is 1.39. The summed E-state index contributed by atoms with van der Waals surface area (Å²) < 4.78 is 6.65. The molecular formula is C45H44Hf. The van der Waals surface area contributed by atoms with Crippen LogP contribution >= 0.6 is 0 Å². The SMILES string of the molecule is Cc1ccc(C)c(-c2cccc3c2C=C2[CH]3[Hf]([CH3])([CH3])[CH]3C(=Cc4c(-c5cc(C)ccc5C)cccc43)C2(C)Cc2ccccc2)c1. The predicted molar refractivity (Wildman–Crippen MR) is 194 cm³/mol. The van der Waals surface area contributed by atoms with Gasteiger partial charge in [-0.1, -0.05) is 0 Å². The van der Waals surface area contributed by atoms with E-state index in [0.29, 0.717) is 7.35 Å². The molecule has 1 fully saturated rings. The standard InChI is InChI=1S/C43H38.2CH3.Hf/c1-28-17-19-30(3)39(21-28)37-15-9-13-33-23-35(25-41(33)37)43(5,27-32-11-7-6-8-12-32)36-24-34-14-10-16-38(42(34)26-36)40-22-29(2)18-20-31(40)4;;;/h6-26H,27H2,1-5H3;2*1H3;. The Morgan fingerprint density at radius 2 is 1.02 bits per heavy atom. The van der Waals surface area contributed by atoms with E-state index in [1.54, 1.807) is 22.3 Å². The van der Waals surface area contributed by atoms with Gasteiger partial charge in [-0.05, 0) is 0 Å². The van der Waals surface area contributed by atoms with Gasteiger partial charge >= 0.3 is 282 Å². The van der Waals surface area contributed by atoms with Crippen molar-refractivity contribution in [3.05, 3.63) is 164 Å². The second-order valence-electron chi connectivity index (χ2n) is 15.1. The average molecular weight is 763 g/mol.